The van der Waals surface area contributed by atoms with Gasteiger partial charge >= 0.3 is 5.97 Å². The zero-order valence-corrected chi connectivity index (χ0v) is 32.8. The largest absolute Gasteiger partial charge is 0.460 e. The zero-order chi connectivity index (χ0) is 38.4. The number of benzene rings is 1. The molecule has 3 aliphatic heterocycles. The molecule has 14 heteroatoms. The van der Waals surface area contributed by atoms with Crippen LogP contribution in [0.2, 0.25) is 0 Å². The van der Waals surface area contributed by atoms with Crippen LogP contribution in [0.5, 0.6) is 0 Å². The Balaban J connectivity index is 1.18. The minimum Gasteiger partial charge on any atom is -0.460 e. The summed E-state index contributed by atoms with van der Waals surface area (Å²) < 4.78 is 33.6. The maximum Gasteiger partial charge on any atom is 0.307 e. The van der Waals surface area contributed by atoms with E-state index in [4.69, 9.17) is 4.74 Å². The van der Waals surface area contributed by atoms with Crippen molar-refractivity contribution in [1.82, 2.24) is 19.8 Å². The molecule has 0 spiro atoms. The number of esters is 1. The summed E-state index contributed by atoms with van der Waals surface area (Å²) in [5.41, 5.74) is 0.244. The maximum atomic E-state index is 14.7. The van der Waals surface area contributed by atoms with E-state index in [1.54, 1.807) is 48.0 Å². The van der Waals surface area contributed by atoms with E-state index in [0.29, 0.717) is 44.2 Å². The number of likely N-dealkylation sites (tertiary alicyclic amines) is 1. The van der Waals surface area contributed by atoms with Gasteiger partial charge in [-0.3, -0.25) is 28.7 Å². The third-order valence-corrected chi connectivity index (χ3v) is 13.9. The molecule has 12 nitrogen and oxygen atoms in total. The van der Waals surface area contributed by atoms with Crippen LogP contribution in [0.3, 0.4) is 0 Å². The predicted molar refractivity (Wildman–Crippen MR) is 203 cm³/mol. The number of fused-ring (bicyclic) bond motifs is 4. The van der Waals surface area contributed by atoms with Crippen molar-refractivity contribution >= 4 is 51.0 Å². The Morgan fingerprint density at radius 3 is 2.54 bits per heavy atom. The van der Waals surface area contributed by atoms with Crippen molar-refractivity contribution in [2.24, 2.45) is 23.7 Å². The van der Waals surface area contributed by atoms with Gasteiger partial charge in [0.2, 0.25) is 21.8 Å². The Morgan fingerprint density at radius 1 is 1.02 bits per heavy atom. The van der Waals surface area contributed by atoms with Gasteiger partial charge in [0.15, 0.2) is 0 Å². The number of rotatable bonds is 7. The number of amides is 4. The first-order valence-corrected chi connectivity index (χ1v) is 21.6. The number of hydrogen-bond acceptors (Lipinski definition) is 9. The smallest absolute Gasteiger partial charge is 0.307 e. The van der Waals surface area contributed by atoms with Gasteiger partial charge in [-0.25, -0.2) is 8.42 Å². The van der Waals surface area contributed by atoms with Crippen molar-refractivity contribution in [2.75, 3.05) is 19.6 Å². The second-order valence-corrected chi connectivity index (χ2v) is 19.4. The molecule has 290 valence electrons. The first-order chi connectivity index (χ1) is 25.6. The van der Waals surface area contributed by atoms with E-state index in [0.717, 1.165) is 24.0 Å². The first-order valence-electron chi connectivity index (χ1n) is 19.1. The molecule has 0 bridgehead atoms. The van der Waals surface area contributed by atoms with Gasteiger partial charge in [0, 0.05) is 48.9 Å². The number of nitrogens with one attached hydrogen (secondary N) is 2. The lowest BCUT2D eigenvalue weighted by Crippen LogP contribution is -2.58. The number of carbonyl (C=O) groups is 5. The molecule has 1 aromatic heterocycles. The molecule has 2 N–H and O–H groups in total. The molecule has 2 saturated carbocycles. The molecule has 1 aromatic carbocycles. The Bertz CT molecular complexity index is 1940. The fourth-order valence-corrected chi connectivity index (χ4v) is 10.4. The molecule has 0 unspecified atom stereocenters. The van der Waals surface area contributed by atoms with Gasteiger partial charge < -0.3 is 19.9 Å². The van der Waals surface area contributed by atoms with Gasteiger partial charge in [0.25, 0.3) is 11.8 Å². The summed E-state index contributed by atoms with van der Waals surface area (Å²) >= 11 is 1.57. The van der Waals surface area contributed by atoms with Crippen LogP contribution in [0.4, 0.5) is 0 Å². The summed E-state index contributed by atoms with van der Waals surface area (Å²) in [4.78, 5) is 73.4. The molecule has 4 amide bonds. The minimum absolute atomic E-state index is 0.130. The van der Waals surface area contributed by atoms with Gasteiger partial charge in [-0.05, 0) is 99.4 Å². The van der Waals surface area contributed by atoms with Gasteiger partial charge in [0.1, 0.15) is 17.2 Å². The zero-order valence-electron chi connectivity index (χ0n) is 31.1. The normalized spacial score (nSPS) is 29.5. The molecule has 5 aliphatic rings. The van der Waals surface area contributed by atoms with E-state index in [-0.39, 0.29) is 43.7 Å². The fourth-order valence-electron chi connectivity index (χ4n) is 8.40. The minimum atomic E-state index is -3.89. The van der Waals surface area contributed by atoms with Gasteiger partial charge in [-0.15, -0.1) is 0 Å². The molecule has 4 fully saturated rings. The van der Waals surface area contributed by atoms with Crippen LogP contribution in [0.25, 0.3) is 11.1 Å². The Kier molecular flexibility index (Phi) is 10.5. The molecule has 54 heavy (non-hydrogen) atoms. The number of hydrogen-bond donors (Lipinski definition) is 2. The highest BCUT2D eigenvalue weighted by atomic mass is 32.2. The number of carbonyl (C=O) groups excluding carboxylic acids is 5. The van der Waals surface area contributed by atoms with Crippen LogP contribution in [0, 0.1) is 23.7 Å². The molecule has 7 rings (SSSR count). The van der Waals surface area contributed by atoms with Gasteiger partial charge in [0.05, 0.1) is 11.7 Å². The number of thiophene rings is 1. The van der Waals surface area contributed by atoms with Gasteiger partial charge in [-0.2, -0.15) is 11.3 Å². The highest BCUT2D eigenvalue weighted by molar-refractivity contribution is 7.91. The summed E-state index contributed by atoms with van der Waals surface area (Å²) in [6, 6.07) is 8.41. The number of allylic oxidation sites excluding steroid dienone is 1. The summed E-state index contributed by atoms with van der Waals surface area (Å²) in [6.07, 6.45) is 8.40. The second-order valence-electron chi connectivity index (χ2n) is 16.7. The number of ether oxygens (including phenoxy) is 1. The van der Waals surface area contributed by atoms with Gasteiger partial charge in [-0.1, -0.05) is 37.1 Å². The van der Waals surface area contributed by atoms with E-state index >= 15 is 0 Å². The van der Waals surface area contributed by atoms with E-state index in [1.165, 1.54) is 0 Å². The Labute approximate surface area is 321 Å². The summed E-state index contributed by atoms with van der Waals surface area (Å²) in [5, 5.41) is 6.33. The first kappa shape index (κ1) is 38.2. The van der Waals surface area contributed by atoms with Crippen molar-refractivity contribution in [2.45, 2.75) is 101 Å². The van der Waals surface area contributed by atoms with Crippen LogP contribution in [-0.4, -0.2) is 89.9 Å². The van der Waals surface area contributed by atoms with Crippen LogP contribution in [0.15, 0.2) is 53.2 Å². The van der Waals surface area contributed by atoms with Crippen molar-refractivity contribution in [1.29, 1.82) is 0 Å². The molecule has 0 radical (unpaired) electrons. The highest BCUT2D eigenvalue weighted by Crippen LogP contribution is 2.47. The number of sulfonamides is 1. The lowest BCUT2D eigenvalue weighted by atomic mass is 9.92. The molecular formula is C40H50N4O8S2. The van der Waals surface area contributed by atoms with E-state index in [9.17, 15) is 32.4 Å². The summed E-state index contributed by atoms with van der Waals surface area (Å²) in [7, 11) is -3.89. The van der Waals surface area contributed by atoms with Crippen LogP contribution >= 0.6 is 11.3 Å². The number of nitrogens with zero attached hydrogens (tertiary/aromatic N) is 2. The molecule has 6 atom stereocenters. The molecule has 2 aromatic rings. The predicted octanol–water partition coefficient (Wildman–Crippen LogP) is 4.67. The van der Waals surface area contributed by atoms with Crippen molar-refractivity contribution < 1.29 is 37.1 Å². The molecular weight excluding hydrogens is 729 g/mol. The maximum absolute atomic E-state index is 14.7. The lowest BCUT2D eigenvalue weighted by Gasteiger charge is -2.33. The average molecular weight is 779 g/mol. The van der Waals surface area contributed by atoms with Crippen molar-refractivity contribution in [3.05, 3.63) is 58.8 Å². The van der Waals surface area contributed by atoms with Crippen LogP contribution < -0.4 is 10.0 Å². The average Bonchev–Trinajstić information content (AvgIpc) is 3.91. The topological polar surface area (TPSA) is 159 Å². The van der Waals surface area contributed by atoms with Crippen LogP contribution in [0.1, 0.15) is 88.9 Å². The SMILES string of the molecule is CC(C)(C)OC(=O)C[C@@H]1CCCCC/C=C\[C@@H]2C[C@@]2(C(=O)NS(=O)(=O)C2CC2)NC(=O)[C@@H]2[C@H]3CN(C(=O)c4cccc(-c5ccsc5)c4)C[C@H]3CN2C1=O. The summed E-state index contributed by atoms with van der Waals surface area (Å²) in [5.74, 6) is -4.14. The molecule has 2 aliphatic carbocycles. The van der Waals surface area contributed by atoms with E-state index < -0.39 is 68.0 Å². The third kappa shape index (κ3) is 8.14. The third-order valence-electron chi connectivity index (χ3n) is 11.4. The van der Waals surface area contributed by atoms with Crippen molar-refractivity contribution in [3.8, 4) is 11.1 Å². The Hall–Kier alpha value is -4.04. The van der Waals surface area contributed by atoms with E-state index in [2.05, 4.69) is 10.0 Å². The second kappa shape index (κ2) is 14.9. The monoisotopic (exact) mass is 778 g/mol. The van der Waals surface area contributed by atoms with Crippen LogP contribution in [-0.2, 0) is 33.9 Å². The highest BCUT2D eigenvalue weighted by Gasteiger charge is 2.63. The quantitative estimate of drug-likeness (QED) is 0.303. The molecule has 4 heterocycles. The summed E-state index contributed by atoms with van der Waals surface area (Å²) in [6.45, 7) is 6.06. The van der Waals surface area contributed by atoms with E-state index in [1.807, 2.05) is 47.2 Å². The molecule has 2 saturated heterocycles. The Morgan fingerprint density at radius 2 is 1.81 bits per heavy atom. The standard InChI is InChI=1S/C40H50N4O8S2/c1-39(2,3)52-33(45)19-27-10-7-5-4-6-8-13-30-20-40(30,38(49)42-54(50,51)31-14-15-31)41-35(46)34-32-23-43(21-29(32)22-44(34)37(27)48)36(47)26-12-9-11-25(18-26)28-16-17-53-24-28/h8-9,11-13,16-18,24,27,29-32,34H,4-7,10,14-15,19-23H2,1-3H3,(H,41,46)(H,42,49)/b13-8-/t27-,29-,30+,32-,34-,40+/m0/s1. The lowest BCUT2D eigenvalue weighted by molar-refractivity contribution is -0.159. The fraction of sp³-hybridized carbons (Fsp3) is 0.575. The van der Waals surface area contributed by atoms with Crippen molar-refractivity contribution in [3.63, 3.8) is 0 Å².